The SMILES string of the molecule is COc1ccccc1N1C(=O)C[C@H]([NH+]2CCN(C(=O)OC(C)(C)C)CC2)C1=O. The van der Waals surface area contributed by atoms with E-state index in [1.54, 1.807) is 29.2 Å². The molecule has 1 N–H and O–H groups in total. The Bertz CT molecular complexity index is 765. The molecule has 0 aliphatic carbocycles. The van der Waals surface area contributed by atoms with Gasteiger partial charge in [-0.2, -0.15) is 0 Å². The first-order chi connectivity index (χ1) is 13.2. The lowest BCUT2D eigenvalue weighted by Crippen LogP contribution is -3.19. The molecule has 0 spiro atoms. The van der Waals surface area contributed by atoms with Gasteiger partial charge in [-0.3, -0.25) is 14.5 Å². The van der Waals surface area contributed by atoms with Crippen LogP contribution in [0.3, 0.4) is 0 Å². The highest BCUT2D eigenvalue weighted by Gasteiger charge is 2.47. The molecule has 0 unspecified atom stereocenters. The lowest BCUT2D eigenvalue weighted by molar-refractivity contribution is -0.918. The van der Waals surface area contributed by atoms with Crippen LogP contribution in [0.25, 0.3) is 0 Å². The van der Waals surface area contributed by atoms with Gasteiger partial charge in [-0.1, -0.05) is 12.1 Å². The van der Waals surface area contributed by atoms with Gasteiger partial charge in [-0.15, -0.1) is 0 Å². The van der Waals surface area contributed by atoms with Crippen molar-refractivity contribution in [2.45, 2.75) is 38.8 Å². The number of methoxy groups -OCH3 is 1. The lowest BCUT2D eigenvalue weighted by atomic mass is 10.1. The van der Waals surface area contributed by atoms with Crippen LogP contribution in [0, 0.1) is 0 Å². The third-order valence-corrected chi connectivity index (χ3v) is 5.02. The van der Waals surface area contributed by atoms with Crippen LogP contribution in [0.1, 0.15) is 27.2 Å². The molecule has 2 saturated heterocycles. The number of amides is 3. The number of rotatable bonds is 3. The number of carbonyl (C=O) groups is 3. The van der Waals surface area contributed by atoms with Crippen LogP contribution in [0.5, 0.6) is 5.75 Å². The van der Waals surface area contributed by atoms with Crippen LogP contribution in [0.2, 0.25) is 0 Å². The summed E-state index contributed by atoms with van der Waals surface area (Å²) in [5, 5.41) is 0. The molecule has 2 aliphatic heterocycles. The van der Waals surface area contributed by atoms with E-state index in [9.17, 15) is 14.4 Å². The van der Waals surface area contributed by atoms with Crippen molar-refractivity contribution in [3.8, 4) is 5.75 Å². The van der Waals surface area contributed by atoms with Gasteiger partial charge in [-0.05, 0) is 32.9 Å². The number of benzene rings is 1. The van der Waals surface area contributed by atoms with E-state index in [1.165, 1.54) is 12.0 Å². The van der Waals surface area contributed by atoms with Crippen molar-refractivity contribution in [2.24, 2.45) is 0 Å². The van der Waals surface area contributed by atoms with E-state index >= 15 is 0 Å². The van der Waals surface area contributed by atoms with E-state index in [0.29, 0.717) is 37.6 Å². The van der Waals surface area contributed by atoms with Gasteiger partial charge < -0.3 is 14.4 Å². The fraction of sp³-hybridized carbons (Fsp3) is 0.550. The number of nitrogens with zero attached hydrogens (tertiary/aromatic N) is 2. The zero-order chi connectivity index (χ0) is 20.5. The zero-order valence-corrected chi connectivity index (χ0v) is 16.9. The first-order valence-electron chi connectivity index (χ1n) is 9.53. The Hall–Kier alpha value is -2.61. The highest BCUT2D eigenvalue weighted by atomic mass is 16.6. The lowest BCUT2D eigenvalue weighted by Gasteiger charge is -2.35. The van der Waals surface area contributed by atoms with Crippen molar-refractivity contribution < 1.29 is 28.8 Å². The molecule has 0 radical (unpaired) electrons. The second kappa shape index (κ2) is 7.79. The van der Waals surface area contributed by atoms with Gasteiger partial charge in [0.25, 0.3) is 5.91 Å². The van der Waals surface area contributed by atoms with Gasteiger partial charge in [0.2, 0.25) is 5.91 Å². The first-order valence-corrected chi connectivity index (χ1v) is 9.53. The van der Waals surface area contributed by atoms with Crippen molar-refractivity contribution >= 4 is 23.6 Å². The minimum absolute atomic E-state index is 0.165. The number of carbonyl (C=O) groups excluding carboxylic acids is 3. The molecule has 1 atom stereocenters. The number of ether oxygens (including phenoxy) is 2. The second-order valence-corrected chi connectivity index (χ2v) is 8.12. The molecule has 0 saturated carbocycles. The summed E-state index contributed by atoms with van der Waals surface area (Å²) in [7, 11) is 1.52. The maximum absolute atomic E-state index is 13.0. The van der Waals surface area contributed by atoms with Crippen LogP contribution in [-0.4, -0.2) is 67.7 Å². The quantitative estimate of drug-likeness (QED) is 0.759. The van der Waals surface area contributed by atoms with E-state index in [1.807, 2.05) is 20.8 Å². The monoisotopic (exact) mass is 390 g/mol. The molecule has 3 rings (SSSR count). The van der Waals surface area contributed by atoms with E-state index < -0.39 is 11.6 Å². The summed E-state index contributed by atoms with van der Waals surface area (Å²) >= 11 is 0. The molecule has 2 fully saturated rings. The largest absolute Gasteiger partial charge is 0.495 e. The highest BCUT2D eigenvalue weighted by Crippen LogP contribution is 2.31. The number of nitrogens with one attached hydrogen (secondary N) is 1. The van der Waals surface area contributed by atoms with Gasteiger partial charge >= 0.3 is 6.09 Å². The number of anilines is 1. The number of imide groups is 1. The molecule has 0 bridgehead atoms. The summed E-state index contributed by atoms with van der Waals surface area (Å²) in [4.78, 5) is 41.7. The van der Waals surface area contributed by atoms with Crippen molar-refractivity contribution in [2.75, 3.05) is 38.2 Å². The molecule has 152 valence electrons. The predicted molar refractivity (Wildman–Crippen MR) is 102 cm³/mol. The first kappa shape index (κ1) is 20.1. The average molecular weight is 390 g/mol. The molecule has 1 aromatic carbocycles. The van der Waals surface area contributed by atoms with Crippen molar-refractivity contribution in [3.63, 3.8) is 0 Å². The van der Waals surface area contributed by atoms with Crippen molar-refractivity contribution in [1.29, 1.82) is 0 Å². The van der Waals surface area contributed by atoms with Crippen LogP contribution in [-0.2, 0) is 14.3 Å². The normalized spacial score (nSPS) is 21.2. The van der Waals surface area contributed by atoms with Gasteiger partial charge in [0.05, 0.1) is 45.4 Å². The van der Waals surface area contributed by atoms with E-state index in [0.717, 1.165) is 4.90 Å². The van der Waals surface area contributed by atoms with Crippen molar-refractivity contribution in [1.82, 2.24) is 4.90 Å². The summed E-state index contributed by atoms with van der Waals surface area (Å²) < 4.78 is 10.7. The molecule has 8 nitrogen and oxygen atoms in total. The summed E-state index contributed by atoms with van der Waals surface area (Å²) in [6.07, 6.45) is -0.172. The standard InChI is InChI=1S/C20H27N3O5/c1-20(2,3)28-19(26)22-11-9-21(10-12-22)15-13-17(24)23(18(15)25)14-7-5-6-8-16(14)27-4/h5-8,15H,9-13H2,1-4H3/p+1/t15-/m0/s1. The number of hydrogen-bond donors (Lipinski definition) is 1. The number of quaternary nitrogens is 1. The Balaban J connectivity index is 1.66. The zero-order valence-electron chi connectivity index (χ0n) is 16.9. The summed E-state index contributed by atoms with van der Waals surface area (Å²) in [5.74, 6) is 0.0615. The third kappa shape index (κ3) is 4.11. The van der Waals surface area contributed by atoms with Crippen LogP contribution >= 0.6 is 0 Å². The van der Waals surface area contributed by atoms with Gasteiger partial charge in [0.15, 0.2) is 6.04 Å². The third-order valence-electron chi connectivity index (χ3n) is 5.02. The molecule has 2 aliphatic rings. The molecular formula is C20H28N3O5+. The topological polar surface area (TPSA) is 80.6 Å². The fourth-order valence-electron chi connectivity index (χ4n) is 3.67. The van der Waals surface area contributed by atoms with E-state index in [2.05, 4.69) is 0 Å². The van der Waals surface area contributed by atoms with Crippen LogP contribution in [0.15, 0.2) is 24.3 Å². The summed E-state index contributed by atoms with van der Waals surface area (Å²) in [5.41, 5.74) is -0.0567. The summed E-state index contributed by atoms with van der Waals surface area (Å²) in [6.45, 7) is 7.70. The maximum atomic E-state index is 13.0. The molecule has 28 heavy (non-hydrogen) atoms. The van der Waals surface area contributed by atoms with Gasteiger partial charge in [0.1, 0.15) is 11.4 Å². The maximum Gasteiger partial charge on any atom is 0.410 e. The Labute approximate surface area is 165 Å². The average Bonchev–Trinajstić information content (AvgIpc) is 2.94. The molecule has 1 aromatic rings. The minimum Gasteiger partial charge on any atom is -0.495 e. The summed E-state index contributed by atoms with van der Waals surface area (Å²) in [6, 6.07) is 6.59. The minimum atomic E-state index is -0.538. The van der Waals surface area contributed by atoms with E-state index in [4.69, 9.17) is 9.47 Å². The Morgan fingerprint density at radius 2 is 1.79 bits per heavy atom. The Morgan fingerprint density at radius 3 is 2.39 bits per heavy atom. The number of para-hydroxylation sites is 2. The van der Waals surface area contributed by atoms with Gasteiger partial charge in [0, 0.05) is 0 Å². The van der Waals surface area contributed by atoms with Gasteiger partial charge in [-0.25, -0.2) is 9.69 Å². The molecule has 2 heterocycles. The number of hydrogen-bond acceptors (Lipinski definition) is 5. The van der Waals surface area contributed by atoms with E-state index in [-0.39, 0.29) is 24.3 Å². The number of piperazine rings is 1. The molecule has 3 amide bonds. The molecule has 8 heteroatoms. The smallest absolute Gasteiger partial charge is 0.410 e. The Kier molecular flexibility index (Phi) is 5.60. The van der Waals surface area contributed by atoms with Crippen LogP contribution in [0.4, 0.5) is 10.5 Å². The fourth-order valence-corrected chi connectivity index (χ4v) is 3.67. The molecular weight excluding hydrogens is 362 g/mol. The predicted octanol–water partition coefficient (Wildman–Crippen LogP) is 0.463. The van der Waals surface area contributed by atoms with Crippen molar-refractivity contribution in [3.05, 3.63) is 24.3 Å². The molecule has 0 aromatic heterocycles. The highest BCUT2D eigenvalue weighted by molar-refractivity contribution is 6.22. The second-order valence-electron chi connectivity index (χ2n) is 8.12. The Morgan fingerprint density at radius 1 is 1.14 bits per heavy atom. The van der Waals surface area contributed by atoms with Crippen LogP contribution < -0.4 is 14.5 Å².